The average molecular weight is 152 g/mol. The Bertz CT molecular complexity index is 271. The smallest absolute Gasteiger partial charge is 0.307 e. The molecule has 4 saturated carbocycles. The molecule has 3 heteroatoms. The predicted molar refractivity (Wildman–Crippen MR) is 34.7 cm³/mol. The van der Waals surface area contributed by atoms with Gasteiger partial charge in [0.05, 0.1) is 5.92 Å². The molecule has 4 fully saturated rings. The van der Waals surface area contributed by atoms with Gasteiger partial charge < -0.3 is 5.11 Å². The molecular weight excluding hydrogens is 144 g/mol. The Morgan fingerprint density at radius 2 is 2.27 bits per heavy atom. The van der Waals surface area contributed by atoms with Crippen molar-refractivity contribution < 1.29 is 14.7 Å². The lowest BCUT2D eigenvalue weighted by Crippen LogP contribution is -2.19. The Hall–Kier alpha value is -0.860. The van der Waals surface area contributed by atoms with E-state index in [2.05, 4.69) is 0 Å². The fraction of sp³-hybridized carbons (Fsp3) is 0.750. The molecule has 4 aliphatic rings. The van der Waals surface area contributed by atoms with E-state index in [1.807, 2.05) is 0 Å². The van der Waals surface area contributed by atoms with Gasteiger partial charge >= 0.3 is 5.97 Å². The summed E-state index contributed by atoms with van der Waals surface area (Å²) >= 11 is 0. The first kappa shape index (κ1) is 5.75. The van der Waals surface area contributed by atoms with E-state index in [4.69, 9.17) is 5.11 Å². The van der Waals surface area contributed by atoms with Crippen molar-refractivity contribution in [2.24, 2.45) is 29.6 Å². The topological polar surface area (TPSA) is 54.4 Å². The van der Waals surface area contributed by atoms with Crippen LogP contribution in [-0.2, 0) is 9.59 Å². The van der Waals surface area contributed by atoms with Gasteiger partial charge in [0.2, 0.25) is 0 Å². The molecule has 4 bridgehead atoms. The van der Waals surface area contributed by atoms with Gasteiger partial charge in [-0.3, -0.25) is 9.59 Å². The number of carbonyl (C=O) groups excluding carboxylic acids is 1. The molecule has 0 spiro atoms. The van der Waals surface area contributed by atoms with Crippen molar-refractivity contribution in [1.82, 2.24) is 0 Å². The van der Waals surface area contributed by atoms with Crippen LogP contribution in [0.15, 0.2) is 0 Å². The zero-order chi connectivity index (χ0) is 7.75. The molecule has 0 unspecified atom stereocenters. The van der Waals surface area contributed by atoms with Crippen LogP contribution in [0.25, 0.3) is 0 Å². The Morgan fingerprint density at radius 3 is 2.45 bits per heavy atom. The van der Waals surface area contributed by atoms with Crippen molar-refractivity contribution in [3.05, 3.63) is 0 Å². The van der Waals surface area contributed by atoms with Crippen LogP contribution in [0, 0.1) is 29.6 Å². The summed E-state index contributed by atoms with van der Waals surface area (Å²) in [6.45, 7) is 0. The Morgan fingerprint density at radius 1 is 1.55 bits per heavy atom. The minimum Gasteiger partial charge on any atom is -0.481 e. The number of ketones is 1. The van der Waals surface area contributed by atoms with Crippen LogP contribution in [0.3, 0.4) is 0 Å². The van der Waals surface area contributed by atoms with Gasteiger partial charge in [0, 0.05) is 11.8 Å². The Kier molecular flexibility index (Phi) is 0.708. The van der Waals surface area contributed by atoms with Crippen LogP contribution in [0.1, 0.15) is 6.42 Å². The van der Waals surface area contributed by atoms with Gasteiger partial charge in [-0.25, -0.2) is 0 Å². The van der Waals surface area contributed by atoms with Crippen LogP contribution in [0.4, 0.5) is 0 Å². The van der Waals surface area contributed by atoms with E-state index in [0.717, 1.165) is 6.42 Å². The number of hydrogen-bond acceptors (Lipinski definition) is 2. The van der Waals surface area contributed by atoms with E-state index in [9.17, 15) is 9.59 Å². The molecule has 58 valence electrons. The van der Waals surface area contributed by atoms with Gasteiger partial charge in [-0.15, -0.1) is 0 Å². The monoisotopic (exact) mass is 152 g/mol. The number of carbonyl (C=O) groups is 2. The predicted octanol–water partition coefficient (Wildman–Crippen LogP) is 0.152. The molecule has 0 saturated heterocycles. The van der Waals surface area contributed by atoms with Crippen molar-refractivity contribution >= 4 is 11.8 Å². The van der Waals surface area contributed by atoms with Crippen LogP contribution < -0.4 is 0 Å². The van der Waals surface area contributed by atoms with E-state index in [0.29, 0.717) is 5.92 Å². The Labute approximate surface area is 63.4 Å². The molecule has 0 aromatic carbocycles. The SMILES string of the molecule is O=C(O)[C@H]1[C@@H]2[C@H]3C[C@@H]1C(=O)[C@H]32. The molecule has 0 aliphatic heterocycles. The number of Topliss-reactive ketones (excluding diaryl/α,β-unsaturated/α-hetero) is 1. The molecule has 1 N–H and O–H groups in total. The van der Waals surface area contributed by atoms with E-state index >= 15 is 0 Å². The van der Waals surface area contributed by atoms with Gasteiger partial charge in [0.1, 0.15) is 5.78 Å². The summed E-state index contributed by atoms with van der Waals surface area (Å²) in [6, 6.07) is 0. The minimum absolute atomic E-state index is 0.104. The number of carboxylic acids is 1. The van der Waals surface area contributed by atoms with Crippen molar-refractivity contribution in [2.45, 2.75) is 6.42 Å². The van der Waals surface area contributed by atoms with Crippen LogP contribution >= 0.6 is 0 Å². The molecule has 5 atom stereocenters. The molecule has 0 aromatic rings. The van der Waals surface area contributed by atoms with Crippen molar-refractivity contribution in [2.75, 3.05) is 0 Å². The third-order valence-corrected chi connectivity index (χ3v) is 3.58. The number of rotatable bonds is 1. The standard InChI is InChI=1S/C8H8O3/c9-7-3-1-2-4(5(2)7)6(3)8(10)11/h2-6H,1H2,(H,10,11)/t2-,3+,4-,5-,6-/m1/s1. The molecule has 4 rings (SSSR count). The van der Waals surface area contributed by atoms with Crippen molar-refractivity contribution in [1.29, 1.82) is 0 Å². The van der Waals surface area contributed by atoms with Crippen molar-refractivity contribution in [3.8, 4) is 0 Å². The normalized spacial score (nSPS) is 56.7. The molecular formula is C8H8O3. The van der Waals surface area contributed by atoms with E-state index in [1.165, 1.54) is 0 Å². The highest BCUT2D eigenvalue weighted by Crippen LogP contribution is 2.71. The number of carboxylic acid groups (broad SMARTS) is 1. The first-order valence-electron chi connectivity index (χ1n) is 3.98. The third kappa shape index (κ3) is 0.424. The van der Waals surface area contributed by atoms with E-state index < -0.39 is 5.97 Å². The summed E-state index contributed by atoms with van der Waals surface area (Å²) in [5, 5.41) is 8.77. The fourth-order valence-electron chi connectivity index (χ4n) is 3.18. The molecule has 0 radical (unpaired) electrons. The third-order valence-electron chi connectivity index (χ3n) is 3.58. The van der Waals surface area contributed by atoms with Crippen LogP contribution in [0.5, 0.6) is 0 Å². The lowest BCUT2D eigenvalue weighted by atomic mass is 9.98. The highest BCUT2D eigenvalue weighted by Gasteiger charge is 2.75. The average Bonchev–Trinajstić information content (AvgIpc) is 2.33. The summed E-state index contributed by atoms with van der Waals surface area (Å²) in [5.41, 5.74) is 0. The maximum absolute atomic E-state index is 11.2. The Balaban J connectivity index is 2.03. The molecule has 4 aliphatic carbocycles. The zero-order valence-corrected chi connectivity index (χ0v) is 5.86. The lowest BCUT2D eigenvalue weighted by molar-refractivity contribution is -0.144. The van der Waals surface area contributed by atoms with Crippen LogP contribution in [-0.4, -0.2) is 16.9 Å². The molecule has 3 nitrogen and oxygen atoms in total. The largest absolute Gasteiger partial charge is 0.481 e. The highest BCUT2D eigenvalue weighted by atomic mass is 16.4. The molecule has 0 amide bonds. The second kappa shape index (κ2) is 1.36. The first-order valence-corrected chi connectivity index (χ1v) is 3.98. The number of aliphatic carboxylic acids is 1. The lowest BCUT2D eigenvalue weighted by Gasteiger charge is -2.05. The van der Waals surface area contributed by atoms with E-state index in [-0.39, 0.29) is 29.5 Å². The second-order valence-electron chi connectivity index (χ2n) is 3.88. The first-order chi connectivity index (χ1) is 5.22. The zero-order valence-electron chi connectivity index (χ0n) is 5.86. The fourth-order valence-corrected chi connectivity index (χ4v) is 3.18. The van der Waals surface area contributed by atoms with Crippen molar-refractivity contribution in [3.63, 3.8) is 0 Å². The van der Waals surface area contributed by atoms with Gasteiger partial charge in [-0.2, -0.15) is 0 Å². The van der Waals surface area contributed by atoms with E-state index in [1.54, 1.807) is 0 Å². The van der Waals surface area contributed by atoms with Gasteiger partial charge in [0.25, 0.3) is 0 Å². The summed E-state index contributed by atoms with van der Waals surface area (Å²) < 4.78 is 0. The maximum atomic E-state index is 11.2. The van der Waals surface area contributed by atoms with Gasteiger partial charge in [-0.05, 0) is 18.3 Å². The number of hydrogen-bond donors (Lipinski definition) is 1. The molecule has 11 heavy (non-hydrogen) atoms. The molecule has 0 aromatic heterocycles. The van der Waals surface area contributed by atoms with Crippen LogP contribution in [0.2, 0.25) is 0 Å². The molecule has 0 heterocycles. The second-order valence-corrected chi connectivity index (χ2v) is 3.88. The summed E-state index contributed by atoms with van der Waals surface area (Å²) in [7, 11) is 0. The van der Waals surface area contributed by atoms with Gasteiger partial charge in [0.15, 0.2) is 0 Å². The minimum atomic E-state index is -0.754. The quantitative estimate of drug-likeness (QED) is 0.582. The summed E-state index contributed by atoms with van der Waals surface area (Å²) in [6.07, 6.45) is 0.866. The van der Waals surface area contributed by atoms with Gasteiger partial charge in [-0.1, -0.05) is 0 Å². The maximum Gasteiger partial charge on any atom is 0.307 e. The summed E-state index contributed by atoms with van der Waals surface area (Å²) in [4.78, 5) is 21.9. The highest BCUT2D eigenvalue weighted by molar-refractivity contribution is 5.98. The summed E-state index contributed by atoms with van der Waals surface area (Å²) in [5.74, 6) is -0.0482.